The SMILES string of the molecule is Cc1cccc(C(C)C)c1N1CCC(O)CC1. The van der Waals surface area contributed by atoms with Crippen LogP contribution in [0.25, 0.3) is 0 Å². The molecule has 0 unspecified atom stereocenters. The zero-order valence-electron chi connectivity index (χ0n) is 11.1. The molecule has 0 bridgehead atoms. The molecule has 1 aromatic rings. The van der Waals surface area contributed by atoms with Gasteiger partial charge in [-0.15, -0.1) is 0 Å². The van der Waals surface area contributed by atoms with Crippen molar-refractivity contribution in [3.63, 3.8) is 0 Å². The molecule has 1 aliphatic heterocycles. The topological polar surface area (TPSA) is 23.5 Å². The van der Waals surface area contributed by atoms with Gasteiger partial charge in [-0.2, -0.15) is 0 Å². The number of anilines is 1. The predicted molar refractivity (Wildman–Crippen MR) is 72.7 cm³/mol. The van der Waals surface area contributed by atoms with Gasteiger partial charge in [-0.25, -0.2) is 0 Å². The van der Waals surface area contributed by atoms with Crippen molar-refractivity contribution in [1.29, 1.82) is 0 Å². The summed E-state index contributed by atoms with van der Waals surface area (Å²) in [5, 5.41) is 9.59. The summed E-state index contributed by atoms with van der Waals surface area (Å²) in [5.41, 5.74) is 4.18. The van der Waals surface area contributed by atoms with Crippen LogP contribution in [-0.4, -0.2) is 24.3 Å². The van der Waals surface area contributed by atoms with Gasteiger partial charge in [0.15, 0.2) is 0 Å². The van der Waals surface area contributed by atoms with Crippen molar-refractivity contribution in [3.8, 4) is 0 Å². The molecule has 0 aromatic heterocycles. The maximum absolute atomic E-state index is 9.59. The molecule has 0 aliphatic carbocycles. The number of hydrogen-bond donors (Lipinski definition) is 1. The Bertz CT molecular complexity index is 379. The third-order valence-corrected chi connectivity index (χ3v) is 3.67. The summed E-state index contributed by atoms with van der Waals surface area (Å²) in [6, 6.07) is 6.57. The van der Waals surface area contributed by atoms with Crippen LogP contribution in [0.3, 0.4) is 0 Å². The number of aryl methyl sites for hydroxylation is 1. The van der Waals surface area contributed by atoms with Crippen LogP contribution in [0.15, 0.2) is 18.2 Å². The lowest BCUT2D eigenvalue weighted by molar-refractivity contribution is 0.145. The highest BCUT2D eigenvalue weighted by Crippen LogP contribution is 2.32. The van der Waals surface area contributed by atoms with Gasteiger partial charge < -0.3 is 10.0 Å². The van der Waals surface area contributed by atoms with Crippen LogP contribution in [0.5, 0.6) is 0 Å². The minimum Gasteiger partial charge on any atom is -0.393 e. The number of aliphatic hydroxyl groups excluding tert-OH is 1. The molecular weight excluding hydrogens is 210 g/mol. The van der Waals surface area contributed by atoms with Gasteiger partial charge in [-0.1, -0.05) is 32.0 Å². The maximum Gasteiger partial charge on any atom is 0.0574 e. The fourth-order valence-corrected chi connectivity index (χ4v) is 2.67. The van der Waals surface area contributed by atoms with Crippen molar-refractivity contribution < 1.29 is 5.11 Å². The number of hydrogen-bond acceptors (Lipinski definition) is 2. The van der Waals surface area contributed by atoms with Crippen molar-refractivity contribution in [2.45, 2.75) is 45.6 Å². The van der Waals surface area contributed by atoms with Crippen LogP contribution in [0.1, 0.15) is 43.7 Å². The number of nitrogens with zero attached hydrogens (tertiary/aromatic N) is 1. The van der Waals surface area contributed by atoms with E-state index >= 15 is 0 Å². The average Bonchev–Trinajstić information content (AvgIpc) is 2.30. The van der Waals surface area contributed by atoms with E-state index in [4.69, 9.17) is 0 Å². The van der Waals surface area contributed by atoms with Crippen molar-refractivity contribution in [3.05, 3.63) is 29.3 Å². The molecule has 2 rings (SSSR count). The number of benzene rings is 1. The molecule has 1 fully saturated rings. The van der Waals surface area contributed by atoms with E-state index in [2.05, 4.69) is 43.9 Å². The van der Waals surface area contributed by atoms with E-state index in [0.717, 1.165) is 25.9 Å². The monoisotopic (exact) mass is 233 g/mol. The lowest BCUT2D eigenvalue weighted by Gasteiger charge is -2.34. The third-order valence-electron chi connectivity index (χ3n) is 3.67. The van der Waals surface area contributed by atoms with Crippen LogP contribution >= 0.6 is 0 Å². The molecule has 2 nitrogen and oxygen atoms in total. The molecular formula is C15H23NO. The molecule has 1 aromatic carbocycles. The van der Waals surface area contributed by atoms with Gasteiger partial charge in [-0.3, -0.25) is 0 Å². The van der Waals surface area contributed by atoms with E-state index in [1.165, 1.54) is 16.8 Å². The zero-order chi connectivity index (χ0) is 12.4. The van der Waals surface area contributed by atoms with E-state index in [1.807, 2.05) is 0 Å². The summed E-state index contributed by atoms with van der Waals surface area (Å²) < 4.78 is 0. The third kappa shape index (κ3) is 2.63. The Balaban J connectivity index is 2.30. The van der Waals surface area contributed by atoms with Crippen molar-refractivity contribution >= 4 is 5.69 Å². The Morgan fingerprint density at radius 3 is 2.47 bits per heavy atom. The highest BCUT2D eigenvalue weighted by molar-refractivity contribution is 5.60. The van der Waals surface area contributed by atoms with Crippen molar-refractivity contribution in [2.75, 3.05) is 18.0 Å². The van der Waals surface area contributed by atoms with E-state index in [1.54, 1.807) is 0 Å². The summed E-state index contributed by atoms with van der Waals surface area (Å²) in [6.45, 7) is 8.64. The van der Waals surface area contributed by atoms with Crippen LogP contribution in [-0.2, 0) is 0 Å². The molecule has 1 aliphatic rings. The van der Waals surface area contributed by atoms with Gasteiger partial charge in [0.1, 0.15) is 0 Å². The number of rotatable bonds is 2. The van der Waals surface area contributed by atoms with Gasteiger partial charge in [0.05, 0.1) is 6.10 Å². The lowest BCUT2D eigenvalue weighted by Crippen LogP contribution is -2.36. The summed E-state index contributed by atoms with van der Waals surface area (Å²) in [7, 11) is 0. The second kappa shape index (κ2) is 5.09. The highest BCUT2D eigenvalue weighted by Gasteiger charge is 2.21. The fraction of sp³-hybridized carbons (Fsp3) is 0.600. The Kier molecular flexibility index (Phi) is 3.72. The summed E-state index contributed by atoms with van der Waals surface area (Å²) >= 11 is 0. The Labute approximate surface area is 104 Å². The second-order valence-electron chi connectivity index (χ2n) is 5.39. The average molecular weight is 233 g/mol. The Hall–Kier alpha value is -1.02. The van der Waals surface area contributed by atoms with E-state index in [-0.39, 0.29) is 6.10 Å². The van der Waals surface area contributed by atoms with Crippen LogP contribution in [0, 0.1) is 6.92 Å². The Morgan fingerprint density at radius 2 is 1.88 bits per heavy atom. The molecule has 0 atom stereocenters. The molecule has 94 valence electrons. The van der Waals surface area contributed by atoms with Crippen molar-refractivity contribution in [1.82, 2.24) is 0 Å². The van der Waals surface area contributed by atoms with Crippen molar-refractivity contribution in [2.24, 2.45) is 0 Å². The molecule has 0 radical (unpaired) electrons. The van der Waals surface area contributed by atoms with Gasteiger partial charge in [0, 0.05) is 18.8 Å². The summed E-state index contributed by atoms with van der Waals surface area (Å²) in [5.74, 6) is 0.553. The number of piperidine rings is 1. The molecule has 1 N–H and O–H groups in total. The molecule has 0 saturated carbocycles. The standard InChI is InChI=1S/C15H23NO/c1-11(2)14-6-4-5-12(3)15(14)16-9-7-13(17)8-10-16/h4-6,11,13,17H,7-10H2,1-3H3. The van der Waals surface area contributed by atoms with Gasteiger partial charge >= 0.3 is 0 Å². The molecule has 0 amide bonds. The largest absolute Gasteiger partial charge is 0.393 e. The van der Waals surface area contributed by atoms with Gasteiger partial charge in [-0.05, 0) is 36.8 Å². The lowest BCUT2D eigenvalue weighted by atomic mass is 9.95. The molecule has 1 heterocycles. The van der Waals surface area contributed by atoms with Gasteiger partial charge in [0.25, 0.3) is 0 Å². The first-order valence-corrected chi connectivity index (χ1v) is 6.62. The van der Waals surface area contributed by atoms with Gasteiger partial charge in [0.2, 0.25) is 0 Å². The summed E-state index contributed by atoms with van der Waals surface area (Å²) in [6.07, 6.45) is 1.69. The van der Waals surface area contributed by atoms with E-state index in [9.17, 15) is 5.11 Å². The minimum absolute atomic E-state index is 0.0993. The Morgan fingerprint density at radius 1 is 1.24 bits per heavy atom. The van der Waals surface area contributed by atoms with E-state index < -0.39 is 0 Å². The van der Waals surface area contributed by atoms with Crippen LogP contribution in [0.4, 0.5) is 5.69 Å². The smallest absolute Gasteiger partial charge is 0.0574 e. The second-order valence-corrected chi connectivity index (χ2v) is 5.39. The first-order valence-electron chi connectivity index (χ1n) is 6.62. The first kappa shape index (κ1) is 12.4. The zero-order valence-corrected chi connectivity index (χ0v) is 11.1. The number of para-hydroxylation sites is 1. The predicted octanol–water partition coefficient (Wildman–Crippen LogP) is 3.08. The first-order chi connectivity index (χ1) is 8.09. The van der Waals surface area contributed by atoms with Crippen LogP contribution in [0.2, 0.25) is 0 Å². The normalized spacial score (nSPS) is 17.8. The number of aliphatic hydroxyl groups is 1. The maximum atomic E-state index is 9.59. The highest BCUT2D eigenvalue weighted by atomic mass is 16.3. The minimum atomic E-state index is -0.0993. The van der Waals surface area contributed by atoms with E-state index in [0.29, 0.717) is 5.92 Å². The molecule has 2 heteroatoms. The summed E-state index contributed by atoms with van der Waals surface area (Å²) in [4.78, 5) is 2.44. The quantitative estimate of drug-likeness (QED) is 0.848. The van der Waals surface area contributed by atoms with Crippen LogP contribution < -0.4 is 4.90 Å². The molecule has 1 saturated heterocycles. The fourth-order valence-electron chi connectivity index (χ4n) is 2.67. The molecule has 0 spiro atoms. The molecule has 17 heavy (non-hydrogen) atoms.